The Labute approximate surface area is 118 Å². The molecule has 0 saturated carbocycles. The van der Waals surface area contributed by atoms with Gasteiger partial charge < -0.3 is 4.57 Å². The van der Waals surface area contributed by atoms with Crippen molar-refractivity contribution in [1.29, 1.82) is 0 Å². The number of rotatable bonds is 4. The summed E-state index contributed by atoms with van der Waals surface area (Å²) in [6.07, 6.45) is 1.94. The van der Waals surface area contributed by atoms with Gasteiger partial charge in [-0.15, -0.1) is 0 Å². The highest BCUT2D eigenvalue weighted by Gasteiger charge is 2.14. The molecule has 0 unspecified atom stereocenters. The van der Waals surface area contributed by atoms with E-state index in [9.17, 15) is 8.42 Å². The van der Waals surface area contributed by atoms with Crippen LogP contribution < -0.4 is 0 Å². The maximum atomic E-state index is 12.3. The van der Waals surface area contributed by atoms with Crippen molar-refractivity contribution >= 4 is 20.7 Å². The zero-order valence-corrected chi connectivity index (χ0v) is 11.8. The molecule has 1 aromatic heterocycles. The monoisotopic (exact) mass is 285 g/mol. The molecule has 0 bridgehead atoms. The van der Waals surface area contributed by atoms with Crippen LogP contribution in [-0.4, -0.2) is 18.7 Å². The van der Waals surface area contributed by atoms with Gasteiger partial charge in [-0.2, -0.15) is 0 Å². The first-order chi connectivity index (χ1) is 9.67. The second-order valence-electron chi connectivity index (χ2n) is 4.70. The molecular formula is C16H15NO2S. The van der Waals surface area contributed by atoms with Gasteiger partial charge in [-0.25, -0.2) is 8.42 Å². The minimum Gasteiger partial charge on any atom is -0.346 e. The molecule has 4 heteroatoms. The average molecular weight is 285 g/mol. The van der Waals surface area contributed by atoms with Crippen LogP contribution >= 0.6 is 0 Å². The molecule has 0 spiro atoms. The lowest BCUT2D eigenvalue weighted by atomic mass is 10.2. The zero-order valence-electron chi connectivity index (χ0n) is 10.9. The molecule has 20 heavy (non-hydrogen) atoms. The van der Waals surface area contributed by atoms with E-state index in [0.29, 0.717) is 11.4 Å². The Morgan fingerprint density at radius 1 is 0.850 bits per heavy atom. The highest BCUT2D eigenvalue weighted by Crippen LogP contribution is 2.16. The number of hydrogen-bond donors (Lipinski definition) is 0. The summed E-state index contributed by atoms with van der Waals surface area (Å²) < 4.78 is 26.5. The van der Waals surface area contributed by atoms with Crippen molar-refractivity contribution < 1.29 is 8.42 Å². The molecule has 0 aliphatic heterocycles. The van der Waals surface area contributed by atoms with Crippen LogP contribution in [-0.2, 0) is 16.4 Å². The maximum absolute atomic E-state index is 12.3. The highest BCUT2D eigenvalue weighted by atomic mass is 32.2. The molecule has 0 saturated heterocycles. The van der Waals surface area contributed by atoms with E-state index >= 15 is 0 Å². The Morgan fingerprint density at radius 3 is 2.35 bits per heavy atom. The van der Waals surface area contributed by atoms with Gasteiger partial charge in [-0.05, 0) is 29.7 Å². The van der Waals surface area contributed by atoms with Gasteiger partial charge in [0.1, 0.15) is 0 Å². The van der Waals surface area contributed by atoms with Gasteiger partial charge >= 0.3 is 0 Å². The van der Waals surface area contributed by atoms with Gasteiger partial charge in [0.05, 0.1) is 10.6 Å². The van der Waals surface area contributed by atoms with E-state index in [1.54, 1.807) is 24.3 Å². The summed E-state index contributed by atoms with van der Waals surface area (Å²) in [6, 6.07) is 18.6. The van der Waals surface area contributed by atoms with Gasteiger partial charge in [-0.3, -0.25) is 0 Å². The van der Waals surface area contributed by atoms with Crippen molar-refractivity contribution in [3.05, 3.63) is 66.9 Å². The van der Waals surface area contributed by atoms with Crippen LogP contribution in [0.3, 0.4) is 0 Å². The number of aryl methyl sites for hydroxylation is 1. The normalized spacial score (nSPS) is 11.8. The SMILES string of the molecule is O=S(=O)(CCn1ccc2ccccc21)c1ccccc1. The predicted molar refractivity (Wildman–Crippen MR) is 80.4 cm³/mol. The number of hydrogen-bond acceptors (Lipinski definition) is 2. The van der Waals surface area contributed by atoms with Gasteiger partial charge in [0.25, 0.3) is 0 Å². The lowest BCUT2D eigenvalue weighted by Crippen LogP contribution is -2.12. The minimum absolute atomic E-state index is 0.107. The second kappa shape index (κ2) is 5.13. The standard InChI is InChI=1S/C16H15NO2S/c18-20(19,15-7-2-1-3-8-15)13-12-17-11-10-14-6-4-5-9-16(14)17/h1-11H,12-13H2. The van der Waals surface area contributed by atoms with Crippen LogP contribution in [0.2, 0.25) is 0 Å². The van der Waals surface area contributed by atoms with Crippen molar-refractivity contribution in [2.75, 3.05) is 5.75 Å². The third-order valence-electron chi connectivity index (χ3n) is 3.38. The second-order valence-corrected chi connectivity index (χ2v) is 6.81. The Hall–Kier alpha value is -2.07. The number of para-hydroxylation sites is 1. The topological polar surface area (TPSA) is 39.1 Å². The summed E-state index contributed by atoms with van der Waals surface area (Å²) in [5.41, 5.74) is 1.07. The fraction of sp³-hybridized carbons (Fsp3) is 0.125. The quantitative estimate of drug-likeness (QED) is 0.739. The van der Waals surface area contributed by atoms with E-state index < -0.39 is 9.84 Å². The molecule has 102 valence electrons. The summed E-state index contributed by atoms with van der Waals surface area (Å²) in [4.78, 5) is 0.386. The molecule has 0 fully saturated rings. The number of nitrogens with zero attached hydrogens (tertiary/aromatic N) is 1. The van der Waals surface area contributed by atoms with E-state index in [1.165, 1.54) is 0 Å². The van der Waals surface area contributed by atoms with Crippen molar-refractivity contribution in [3.63, 3.8) is 0 Å². The van der Waals surface area contributed by atoms with Crippen molar-refractivity contribution in [3.8, 4) is 0 Å². The number of fused-ring (bicyclic) bond motifs is 1. The largest absolute Gasteiger partial charge is 0.346 e. The lowest BCUT2D eigenvalue weighted by molar-refractivity contribution is 0.590. The third kappa shape index (κ3) is 2.47. The summed E-state index contributed by atoms with van der Waals surface area (Å²) in [6.45, 7) is 0.463. The molecule has 3 aromatic rings. The summed E-state index contributed by atoms with van der Waals surface area (Å²) in [7, 11) is -3.23. The van der Waals surface area contributed by atoms with Crippen molar-refractivity contribution in [2.24, 2.45) is 0 Å². The average Bonchev–Trinajstić information content (AvgIpc) is 2.89. The molecule has 3 rings (SSSR count). The first-order valence-corrected chi connectivity index (χ1v) is 8.14. The molecule has 0 N–H and O–H groups in total. The fourth-order valence-electron chi connectivity index (χ4n) is 2.30. The molecule has 0 aliphatic rings. The van der Waals surface area contributed by atoms with E-state index in [1.807, 2.05) is 47.2 Å². The van der Waals surface area contributed by atoms with Gasteiger partial charge in [0.15, 0.2) is 9.84 Å². The zero-order chi connectivity index (χ0) is 14.0. The molecule has 0 amide bonds. The summed E-state index contributed by atoms with van der Waals surface area (Å²) in [5.74, 6) is 0.107. The highest BCUT2D eigenvalue weighted by molar-refractivity contribution is 7.91. The number of aromatic nitrogens is 1. The molecule has 0 atom stereocenters. The molecule has 1 heterocycles. The minimum atomic E-state index is -3.23. The van der Waals surface area contributed by atoms with Crippen LogP contribution in [0.25, 0.3) is 10.9 Å². The molecule has 0 radical (unpaired) electrons. The van der Waals surface area contributed by atoms with E-state index in [-0.39, 0.29) is 5.75 Å². The smallest absolute Gasteiger partial charge is 0.180 e. The van der Waals surface area contributed by atoms with Crippen molar-refractivity contribution in [1.82, 2.24) is 4.57 Å². The molecule has 0 aliphatic carbocycles. The first kappa shape index (κ1) is 12.9. The number of sulfone groups is 1. The fourth-order valence-corrected chi connectivity index (χ4v) is 3.54. The predicted octanol–water partition coefficient (Wildman–Crippen LogP) is 3.12. The van der Waals surface area contributed by atoms with Crippen molar-refractivity contribution in [2.45, 2.75) is 11.4 Å². The molecular weight excluding hydrogens is 270 g/mol. The third-order valence-corrected chi connectivity index (χ3v) is 5.09. The maximum Gasteiger partial charge on any atom is 0.180 e. The van der Waals surface area contributed by atoms with Crippen LogP contribution in [0.4, 0.5) is 0 Å². The Morgan fingerprint density at radius 2 is 1.55 bits per heavy atom. The van der Waals surface area contributed by atoms with Gasteiger partial charge in [-0.1, -0.05) is 36.4 Å². The van der Waals surface area contributed by atoms with Crippen LogP contribution in [0.5, 0.6) is 0 Å². The van der Waals surface area contributed by atoms with Gasteiger partial charge in [0.2, 0.25) is 0 Å². The Balaban J connectivity index is 1.83. The van der Waals surface area contributed by atoms with E-state index in [0.717, 1.165) is 10.9 Å². The van der Waals surface area contributed by atoms with E-state index in [4.69, 9.17) is 0 Å². The van der Waals surface area contributed by atoms with Crippen LogP contribution in [0.1, 0.15) is 0 Å². The Bertz CT molecular complexity index is 820. The molecule has 3 nitrogen and oxygen atoms in total. The summed E-state index contributed by atoms with van der Waals surface area (Å²) in [5, 5.41) is 1.13. The summed E-state index contributed by atoms with van der Waals surface area (Å²) >= 11 is 0. The van der Waals surface area contributed by atoms with E-state index in [2.05, 4.69) is 0 Å². The lowest BCUT2D eigenvalue weighted by Gasteiger charge is -2.07. The first-order valence-electron chi connectivity index (χ1n) is 6.48. The Kier molecular flexibility index (Phi) is 3.32. The van der Waals surface area contributed by atoms with Crippen LogP contribution in [0.15, 0.2) is 71.8 Å². The van der Waals surface area contributed by atoms with Gasteiger partial charge in [0, 0.05) is 18.3 Å². The number of benzene rings is 2. The van der Waals surface area contributed by atoms with Crippen LogP contribution in [0, 0.1) is 0 Å². The molecule has 2 aromatic carbocycles.